The van der Waals surface area contributed by atoms with Gasteiger partial charge >= 0.3 is 5.97 Å². The zero-order valence-electron chi connectivity index (χ0n) is 39.5. The van der Waals surface area contributed by atoms with Gasteiger partial charge in [0, 0.05) is 5.41 Å². The Labute approximate surface area is 387 Å². The third-order valence-electron chi connectivity index (χ3n) is 19.4. The molecule has 8 aliphatic rings. The molecule has 0 bridgehead atoms. The lowest BCUT2D eigenvalue weighted by atomic mass is 9.41. The van der Waals surface area contributed by atoms with Crippen molar-refractivity contribution in [1.82, 2.24) is 0 Å². The summed E-state index contributed by atoms with van der Waals surface area (Å²) in [5.41, 5.74) is -0.376. The number of fused-ring (bicyclic) bond motifs is 2. The largest absolute Gasteiger partial charge is 0.481 e. The summed E-state index contributed by atoms with van der Waals surface area (Å²) in [5.74, 6) is -1.65. The van der Waals surface area contributed by atoms with Crippen molar-refractivity contribution in [1.29, 1.82) is 0 Å². The van der Waals surface area contributed by atoms with Gasteiger partial charge in [0.2, 0.25) is 0 Å². The average molecular weight is 943 g/mol. The van der Waals surface area contributed by atoms with Gasteiger partial charge in [0.05, 0.1) is 43.5 Å². The van der Waals surface area contributed by atoms with Crippen LogP contribution >= 0.6 is 0 Å². The number of carbonyl (C=O) groups is 1. The first kappa shape index (κ1) is 50.9. The minimum absolute atomic E-state index is 0.0140. The molecule has 1 unspecified atom stereocenters. The molecule has 3 saturated heterocycles. The molecule has 2 spiro atoms. The quantitative estimate of drug-likeness (QED) is 0.0895. The SMILES string of the molecule is CC(C)=CCC(O)[C@@H](C(=O)O)[C@H]1CC[C@@]2(C)[C@@H]3CC[C@H]4[C@@](C)(CO)[C@@H](O[C@@H]5O[C@H](CO[C@@H]6O[C@@H](C)[C@H](O)[C@@H](O)[C@H]6O)[C@@H](O)[C@H](O)[C@H]5O[C@@H]5O[C@@H](C)[C@H](O)[C@@H](O)[C@H]5O)CC[C@@]45C[C@@]35CC[C@]12C. The second-order valence-corrected chi connectivity index (χ2v) is 22.7. The molecule has 0 aromatic rings. The van der Waals surface area contributed by atoms with E-state index in [1.54, 1.807) is 0 Å². The molecular formula is C48H78O18. The summed E-state index contributed by atoms with van der Waals surface area (Å²) in [5, 5.41) is 120. The standard InChI is InChI=1S/C48H78O18/c1-21(2)8-9-25(50)30(40(59)60)24-12-14-46(7)28-11-10-27-44(5,20-49)29(13-15-47(27)19-48(28,47)17-16-45(24,46)6)65-43-39(66-42-38(58)35(55)32(52)23(4)63-42)36(56)33(53)26(64-43)18-61-41-37(57)34(54)31(51)22(3)62-41/h8,22-39,41-43,49-58H,9-20H2,1-7H3,(H,59,60)/t22-,23-,24+,25?,26+,27-,28-,29-,30-,31-,32-,33+,34+,35+,36-,37+,38+,39+,41+,42-,43-,44+,45+,46-,47+,48-/m0/s1. The molecule has 8 fully saturated rings. The van der Waals surface area contributed by atoms with Crippen molar-refractivity contribution >= 4 is 5.97 Å². The summed E-state index contributed by atoms with van der Waals surface area (Å²) >= 11 is 0. The van der Waals surface area contributed by atoms with E-state index in [9.17, 15) is 61.0 Å². The zero-order valence-corrected chi connectivity index (χ0v) is 39.5. The fourth-order valence-corrected chi connectivity index (χ4v) is 15.4. The van der Waals surface area contributed by atoms with Gasteiger partial charge < -0.3 is 84.6 Å². The number of carboxylic acids is 1. The van der Waals surface area contributed by atoms with E-state index in [2.05, 4.69) is 13.8 Å². The number of allylic oxidation sites excluding steroid dienone is 1. The van der Waals surface area contributed by atoms with Crippen LogP contribution in [0.25, 0.3) is 0 Å². The first-order chi connectivity index (χ1) is 30.9. The Balaban J connectivity index is 1.03. The molecular weight excluding hydrogens is 865 g/mol. The molecule has 8 rings (SSSR count). The highest BCUT2D eigenvalue weighted by molar-refractivity contribution is 5.71. The minimum atomic E-state index is -1.77. The first-order valence-electron chi connectivity index (χ1n) is 24.4. The fourth-order valence-electron chi connectivity index (χ4n) is 15.4. The van der Waals surface area contributed by atoms with Crippen molar-refractivity contribution in [3.8, 4) is 0 Å². The molecule has 0 aromatic carbocycles. The Morgan fingerprint density at radius 1 is 0.682 bits per heavy atom. The van der Waals surface area contributed by atoms with E-state index >= 15 is 0 Å². The molecule has 5 saturated carbocycles. The summed E-state index contributed by atoms with van der Waals surface area (Å²) in [6.45, 7) is 12.8. The van der Waals surface area contributed by atoms with E-state index in [0.29, 0.717) is 18.8 Å². The summed E-state index contributed by atoms with van der Waals surface area (Å²) in [6.07, 6.45) is -14.4. The van der Waals surface area contributed by atoms with Crippen LogP contribution in [0.4, 0.5) is 0 Å². The third kappa shape index (κ3) is 7.87. The van der Waals surface area contributed by atoms with Gasteiger partial charge in [-0.3, -0.25) is 4.79 Å². The van der Waals surface area contributed by atoms with Gasteiger partial charge in [-0.25, -0.2) is 0 Å². The van der Waals surface area contributed by atoms with E-state index in [0.717, 1.165) is 56.9 Å². The molecule has 18 heteroatoms. The van der Waals surface area contributed by atoms with Gasteiger partial charge in [-0.05, 0) is 131 Å². The predicted molar refractivity (Wildman–Crippen MR) is 231 cm³/mol. The van der Waals surface area contributed by atoms with Crippen molar-refractivity contribution < 1.29 is 89.4 Å². The van der Waals surface area contributed by atoms with E-state index in [-0.39, 0.29) is 40.1 Å². The van der Waals surface area contributed by atoms with Gasteiger partial charge in [-0.2, -0.15) is 0 Å². The van der Waals surface area contributed by atoms with Gasteiger partial charge in [0.25, 0.3) is 0 Å². The highest BCUT2D eigenvalue weighted by Gasteiger charge is 2.83. The summed E-state index contributed by atoms with van der Waals surface area (Å²) in [7, 11) is 0. The average Bonchev–Trinajstić information content (AvgIpc) is 3.87. The molecule has 3 aliphatic heterocycles. The molecule has 11 N–H and O–H groups in total. The fraction of sp³-hybridized carbons (Fsp3) is 0.938. The van der Waals surface area contributed by atoms with Crippen molar-refractivity contribution in [2.75, 3.05) is 13.2 Å². The van der Waals surface area contributed by atoms with Crippen LogP contribution in [0.5, 0.6) is 0 Å². The van der Waals surface area contributed by atoms with Crippen LogP contribution in [-0.2, 0) is 33.2 Å². The zero-order chi connectivity index (χ0) is 48.2. The topological polar surface area (TPSA) is 295 Å². The Kier molecular flexibility index (Phi) is 14.1. The highest BCUT2D eigenvalue weighted by atomic mass is 16.8. The van der Waals surface area contributed by atoms with Crippen molar-refractivity contribution in [3.05, 3.63) is 11.6 Å². The maximum Gasteiger partial charge on any atom is 0.309 e. The number of rotatable bonds is 13. The van der Waals surface area contributed by atoms with Gasteiger partial charge in [-0.15, -0.1) is 0 Å². The van der Waals surface area contributed by atoms with E-state index < -0.39 is 128 Å². The lowest BCUT2D eigenvalue weighted by Crippen LogP contribution is -2.66. The molecule has 5 aliphatic carbocycles. The third-order valence-corrected chi connectivity index (χ3v) is 19.4. The van der Waals surface area contributed by atoms with Crippen molar-refractivity contribution in [2.24, 2.45) is 50.7 Å². The highest BCUT2D eigenvalue weighted by Crippen LogP contribution is 2.89. The van der Waals surface area contributed by atoms with Gasteiger partial charge in [0.1, 0.15) is 61.0 Å². The Hall–Kier alpha value is -1.43. The smallest absolute Gasteiger partial charge is 0.309 e. The Bertz CT molecular complexity index is 1780. The first-order valence-corrected chi connectivity index (χ1v) is 24.4. The van der Waals surface area contributed by atoms with Crippen LogP contribution in [0, 0.1) is 50.7 Å². The van der Waals surface area contributed by atoms with E-state index in [1.165, 1.54) is 13.8 Å². The van der Waals surface area contributed by atoms with Gasteiger partial charge in [-0.1, -0.05) is 32.4 Å². The monoisotopic (exact) mass is 943 g/mol. The number of carboxylic acid groups (broad SMARTS) is 1. The maximum atomic E-state index is 12.9. The Morgan fingerprint density at radius 3 is 1.91 bits per heavy atom. The second-order valence-electron chi connectivity index (χ2n) is 22.7. The summed E-state index contributed by atoms with van der Waals surface area (Å²) in [4.78, 5) is 12.9. The molecule has 0 amide bonds. The number of aliphatic hydroxyl groups excluding tert-OH is 10. The number of ether oxygens (including phenoxy) is 6. The van der Waals surface area contributed by atoms with Crippen molar-refractivity contribution in [2.45, 2.75) is 217 Å². The summed E-state index contributed by atoms with van der Waals surface area (Å²) < 4.78 is 36.5. The molecule has 66 heavy (non-hydrogen) atoms. The second kappa shape index (κ2) is 18.3. The maximum absolute atomic E-state index is 12.9. The van der Waals surface area contributed by atoms with Crippen LogP contribution < -0.4 is 0 Å². The lowest BCUT2D eigenvalue weighted by Gasteiger charge is -2.64. The van der Waals surface area contributed by atoms with Gasteiger partial charge in [0.15, 0.2) is 18.9 Å². The number of hydrogen-bond acceptors (Lipinski definition) is 17. The van der Waals surface area contributed by atoms with E-state index in [1.807, 2.05) is 26.8 Å². The van der Waals surface area contributed by atoms with E-state index in [4.69, 9.17) is 28.4 Å². The molecule has 18 nitrogen and oxygen atoms in total. The lowest BCUT2D eigenvalue weighted by molar-refractivity contribution is -0.380. The predicted octanol–water partition coefficient (Wildman–Crippen LogP) is 0.705. The Morgan fingerprint density at radius 2 is 1.29 bits per heavy atom. The van der Waals surface area contributed by atoms with Crippen LogP contribution in [0.1, 0.15) is 113 Å². The van der Waals surface area contributed by atoms with Crippen LogP contribution in [0.2, 0.25) is 0 Å². The number of aliphatic carboxylic acids is 1. The van der Waals surface area contributed by atoms with Crippen molar-refractivity contribution in [3.63, 3.8) is 0 Å². The van der Waals surface area contributed by atoms with Crippen LogP contribution in [0.3, 0.4) is 0 Å². The molecule has 0 aromatic heterocycles. The number of hydrogen-bond donors (Lipinski definition) is 11. The molecule has 0 radical (unpaired) electrons. The molecule has 3 heterocycles. The van der Waals surface area contributed by atoms with Crippen LogP contribution in [-0.4, -0.2) is 180 Å². The number of aliphatic hydroxyl groups is 10. The van der Waals surface area contributed by atoms with Crippen LogP contribution in [0.15, 0.2) is 11.6 Å². The molecule has 378 valence electrons. The minimum Gasteiger partial charge on any atom is -0.481 e. The normalized spacial score (nSPS) is 54.2. The molecule has 26 atom stereocenters. The summed E-state index contributed by atoms with van der Waals surface area (Å²) in [6, 6.07) is 0.